The van der Waals surface area contributed by atoms with Gasteiger partial charge in [-0.3, -0.25) is 0 Å². The number of aliphatic hydroxyl groups is 1. The molecule has 0 aromatic carbocycles. The van der Waals surface area contributed by atoms with Gasteiger partial charge in [0, 0.05) is 35.8 Å². The highest BCUT2D eigenvalue weighted by molar-refractivity contribution is 6.31. The van der Waals surface area contributed by atoms with Crippen LogP contribution < -0.4 is 5.32 Å². The first-order valence-electron chi connectivity index (χ1n) is 8.73. The number of carboxylic acids is 1. The summed E-state index contributed by atoms with van der Waals surface area (Å²) in [5.41, 5.74) is -0.610. The monoisotopic (exact) mass is 405 g/mol. The van der Waals surface area contributed by atoms with Gasteiger partial charge in [-0.15, -0.1) is 0 Å². The van der Waals surface area contributed by atoms with Gasteiger partial charge in [-0.25, -0.2) is 24.1 Å². The smallest absolute Gasteiger partial charge is 0.335 e. The number of rotatable bonds is 4. The molecule has 0 unspecified atom stereocenters. The fraction of sp³-hybridized carbons (Fsp3) is 0.333. The molecule has 4 rings (SSSR count). The number of halogens is 2. The molecule has 1 saturated carbocycles. The van der Waals surface area contributed by atoms with E-state index >= 15 is 0 Å². The van der Waals surface area contributed by atoms with E-state index in [2.05, 4.69) is 25.3 Å². The normalized spacial score (nSPS) is 22.3. The zero-order chi connectivity index (χ0) is 19.9. The summed E-state index contributed by atoms with van der Waals surface area (Å²) in [6, 6.07) is 1.29. The molecule has 4 N–H and O–H groups in total. The van der Waals surface area contributed by atoms with E-state index < -0.39 is 23.4 Å². The molecule has 0 aliphatic heterocycles. The Bertz CT molecular complexity index is 1060. The molecular formula is C18H17ClFN5O3. The number of carboxylic acid groups (broad SMARTS) is 1. The highest BCUT2D eigenvalue weighted by Gasteiger charge is 2.41. The van der Waals surface area contributed by atoms with Crippen molar-refractivity contribution in [3.05, 3.63) is 35.5 Å². The molecule has 3 heterocycles. The Morgan fingerprint density at radius 2 is 2.21 bits per heavy atom. The van der Waals surface area contributed by atoms with E-state index in [9.17, 15) is 19.4 Å². The van der Waals surface area contributed by atoms with Gasteiger partial charge >= 0.3 is 5.97 Å². The number of H-pyrrole nitrogens is 1. The summed E-state index contributed by atoms with van der Waals surface area (Å²) >= 11 is 6.01. The van der Waals surface area contributed by atoms with Crippen LogP contribution in [-0.2, 0) is 4.79 Å². The molecule has 2 atom stereocenters. The van der Waals surface area contributed by atoms with Crippen molar-refractivity contribution in [2.24, 2.45) is 0 Å². The van der Waals surface area contributed by atoms with Crippen LogP contribution in [-0.4, -0.2) is 47.8 Å². The van der Waals surface area contributed by atoms with E-state index in [1.165, 1.54) is 6.20 Å². The molecule has 8 nitrogen and oxygen atoms in total. The van der Waals surface area contributed by atoms with Crippen LogP contribution in [0.1, 0.15) is 25.7 Å². The second-order valence-corrected chi connectivity index (χ2v) is 7.35. The van der Waals surface area contributed by atoms with Crippen LogP contribution in [0.25, 0.3) is 22.4 Å². The molecule has 0 spiro atoms. The third kappa shape index (κ3) is 3.38. The lowest BCUT2D eigenvalue weighted by atomic mass is 9.82. The first-order valence-corrected chi connectivity index (χ1v) is 9.11. The maximum Gasteiger partial charge on any atom is 0.335 e. The SMILES string of the molecule is O=C(O)[C@]1(O)CCC[C@H](Nc2nc(-c3c[nH]c4ncc(Cl)cc34)ncc2F)C1. The number of carbonyl (C=O) groups is 1. The number of aliphatic carboxylic acids is 1. The number of pyridine rings is 1. The minimum atomic E-state index is -1.82. The summed E-state index contributed by atoms with van der Waals surface area (Å²) in [5, 5.41) is 23.5. The molecule has 3 aromatic rings. The third-order valence-electron chi connectivity index (χ3n) is 4.95. The zero-order valence-electron chi connectivity index (χ0n) is 14.6. The number of anilines is 1. The average molecular weight is 406 g/mol. The number of hydrogen-bond acceptors (Lipinski definition) is 6. The number of fused-ring (bicyclic) bond motifs is 1. The number of nitrogens with zero attached hydrogens (tertiary/aromatic N) is 3. The van der Waals surface area contributed by atoms with Crippen molar-refractivity contribution in [2.45, 2.75) is 37.3 Å². The maximum atomic E-state index is 14.3. The number of hydrogen-bond donors (Lipinski definition) is 4. The van der Waals surface area contributed by atoms with Gasteiger partial charge in [0.25, 0.3) is 0 Å². The Hall–Kier alpha value is -2.78. The molecule has 10 heteroatoms. The fourth-order valence-corrected chi connectivity index (χ4v) is 3.68. The minimum absolute atomic E-state index is 0.0340. The van der Waals surface area contributed by atoms with Gasteiger partial charge < -0.3 is 20.5 Å². The molecule has 1 aliphatic rings. The summed E-state index contributed by atoms with van der Waals surface area (Å²) in [6.07, 6.45) is 5.46. The molecule has 3 aromatic heterocycles. The molecule has 0 bridgehead atoms. The van der Waals surface area contributed by atoms with Gasteiger partial charge in [-0.05, 0) is 25.3 Å². The van der Waals surface area contributed by atoms with Crippen LogP contribution in [0.5, 0.6) is 0 Å². The molecule has 146 valence electrons. The topological polar surface area (TPSA) is 124 Å². The molecule has 28 heavy (non-hydrogen) atoms. The average Bonchev–Trinajstić information content (AvgIpc) is 3.06. The summed E-state index contributed by atoms with van der Waals surface area (Å²) in [7, 11) is 0. The zero-order valence-corrected chi connectivity index (χ0v) is 15.4. The predicted octanol–water partition coefficient (Wildman–Crippen LogP) is 2.98. The fourth-order valence-electron chi connectivity index (χ4n) is 3.52. The van der Waals surface area contributed by atoms with Gasteiger partial charge in [0.2, 0.25) is 0 Å². The summed E-state index contributed by atoms with van der Waals surface area (Å²) in [4.78, 5) is 26.8. The molecule has 0 amide bonds. The lowest BCUT2D eigenvalue weighted by molar-refractivity contribution is -0.162. The van der Waals surface area contributed by atoms with E-state index in [-0.39, 0.29) is 24.5 Å². The van der Waals surface area contributed by atoms with Crippen molar-refractivity contribution in [1.82, 2.24) is 19.9 Å². The van der Waals surface area contributed by atoms with E-state index in [4.69, 9.17) is 11.6 Å². The number of aromatic nitrogens is 4. The van der Waals surface area contributed by atoms with Crippen molar-refractivity contribution >= 4 is 34.4 Å². The van der Waals surface area contributed by atoms with Crippen LogP contribution in [0.3, 0.4) is 0 Å². The summed E-state index contributed by atoms with van der Waals surface area (Å²) in [5.74, 6) is -1.72. The van der Waals surface area contributed by atoms with Crippen LogP contribution in [0, 0.1) is 5.82 Å². The largest absolute Gasteiger partial charge is 0.479 e. The molecule has 0 radical (unpaired) electrons. The third-order valence-corrected chi connectivity index (χ3v) is 5.16. The van der Waals surface area contributed by atoms with Crippen molar-refractivity contribution in [3.63, 3.8) is 0 Å². The van der Waals surface area contributed by atoms with Crippen molar-refractivity contribution < 1.29 is 19.4 Å². The van der Waals surface area contributed by atoms with E-state index in [0.717, 1.165) is 6.20 Å². The lowest BCUT2D eigenvalue weighted by Crippen LogP contribution is -2.46. The molecule has 1 aliphatic carbocycles. The Balaban J connectivity index is 1.64. The maximum absolute atomic E-state index is 14.3. The van der Waals surface area contributed by atoms with Crippen molar-refractivity contribution in [3.8, 4) is 11.4 Å². The Kier molecular flexibility index (Phi) is 4.64. The Labute approximate surface area is 163 Å². The Morgan fingerprint density at radius 3 is 3.00 bits per heavy atom. The van der Waals surface area contributed by atoms with E-state index in [1.807, 2.05) is 0 Å². The van der Waals surface area contributed by atoms with Crippen LogP contribution >= 0.6 is 11.6 Å². The van der Waals surface area contributed by atoms with Crippen LogP contribution in [0.2, 0.25) is 5.02 Å². The van der Waals surface area contributed by atoms with Gasteiger partial charge in [-0.1, -0.05) is 11.6 Å². The molecular weight excluding hydrogens is 389 g/mol. The van der Waals surface area contributed by atoms with Gasteiger partial charge in [0.1, 0.15) is 5.65 Å². The van der Waals surface area contributed by atoms with Crippen molar-refractivity contribution in [1.29, 1.82) is 0 Å². The molecule has 0 saturated heterocycles. The quantitative estimate of drug-likeness (QED) is 0.526. The lowest BCUT2D eigenvalue weighted by Gasteiger charge is -2.34. The summed E-state index contributed by atoms with van der Waals surface area (Å²) < 4.78 is 14.3. The second-order valence-electron chi connectivity index (χ2n) is 6.92. The standard InChI is InChI=1S/C18H17ClFN5O3/c19-9-4-11-12(7-22-14(11)21-6-9)15-23-8-13(20)16(25-15)24-10-2-1-3-18(28,5-10)17(26)27/h4,6-8,10,28H,1-3,5H2,(H,21,22)(H,26,27)(H,23,24,25)/t10-,18-/m0/s1. The van der Waals surface area contributed by atoms with Gasteiger partial charge in [0.15, 0.2) is 23.1 Å². The second kappa shape index (κ2) is 6.99. The number of aromatic amines is 1. The Morgan fingerprint density at radius 1 is 1.39 bits per heavy atom. The van der Waals surface area contributed by atoms with Gasteiger partial charge in [-0.2, -0.15) is 0 Å². The van der Waals surface area contributed by atoms with E-state index in [1.54, 1.807) is 12.3 Å². The van der Waals surface area contributed by atoms with Crippen LogP contribution in [0.4, 0.5) is 10.2 Å². The van der Waals surface area contributed by atoms with Crippen LogP contribution in [0.15, 0.2) is 24.7 Å². The molecule has 1 fully saturated rings. The summed E-state index contributed by atoms with van der Waals surface area (Å²) in [6.45, 7) is 0. The highest BCUT2D eigenvalue weighted by Crippen LogP contribution is 2.32. The first kappa shape index (κ1) is 18.6. The van der Waals surface area contributed by atoms with E-state index in [0.29, 0.717) is 34.5 Å². The predicted molar refractivity (Wildman–Crippen MR) is 101 cm³/mol. The van der Waals surface area contributed by atoms with Crippen molar-refractivity contribution in [2.75, 3.05) is 5.32 Å². The highest BCUT2D eigenvalue weighted by atomic mass is 35.5. The first-order chi connectivity index (χ1) is 13.4. The number of nitrogens with one attached hydrogen (secondary N) is 2. The van der Waals surface area contributed by atoms with Gasteiger partial charge in [0.05, 0.1) is 11.2 Å². The minimum Gasteiger partial charge on any atom is -0.479 e.